The van der Waals surface area contributed by atoms with Crippen molar-refractivity contribution in [2.75, 3.05) is 0 Å². The largest absolute Gasteiger partial charge is 0.352 e. The fourth-order valence-corrected chi connectivity index (χ4v) is 4.39. The Hall–Kier alpha value is -0.820. The van der Waals surface area contributed by atoms with Gasteiger partial charge in [-0.15, -0.1) is 0 Å². The van der Waals surface area contributed by atoms with Gasteiger partial charge in [-0.1, -0.05) is 36.0 Å². The van der Waals surface area contributed by atoms with E-state index in [0.29, 0.717) is 0 Å². The molecule has 1 aromatic carbocycles. The fraction of sp³-hybridized carbons (Fsp3) is 0.500. The van der Waals surface area contributed by atoms with E-state index >= 15 is 0 Å². The lowest BCUT2D eigenvalue weighted by molar-refractivity contribution is -0.123. The molecule has 1 aliphatic carbocycles. The molecule has 0 aromatic heterocycles. The molecule has 22 heavy (non-hydrogen) atoms. The number of benzene rings is 1. The van der Waals surface area contributed by atoms with Gasteiger partial charge in [0, 0.05) is 11.1 Å². The van der Waals surface area contributed by atoms with E-state index in [1.165, 1.54) is 25.1 Å². The van der Waals surface area contributed by atoms with Gasteiger partial charge in [-0.25, -0.2) is 8.42 Å². The van der Waals surface area contributed by atoms with Gasteiger partial charge in [0.05, 0.1) is 11.1 Å². The highest BCUT2D eigenvalue weighted by Gasteiger charge is 2.26. The monoisotopic (exact) mass is 364 g/mol. The van der Waals surface area contributed by atoms with Crippen LogP contribution in [0.1, 0.15) is 32.6 Å². The number of rotatable bonds is 5. The quantitative estimate of drug-likeness (QED) is 0.843. The van der Waals surface area contributed by atoms with Crippen LogP contribution in [-0.2, 0) is 14.8 Å². The second-order valence-corrected chi connectivity index (χ2v) is 7.93. The van der Waals surface area contributed by atoms with E-state index in [1.54, 1.807) is 0 Å². The van der Waals surface area contributed by atoms with E-state index < -0.39 is 16.1 Å². The minimum Gasteiger partial charge on any atom is -0.352 e. The molecule has 1 amide bonds. The predicted molar refractivity (Wildman–Crippen MR) is 86.6 cm³/mol. The number of amides is 1. The zero-order valence-corrected chi connectivity index (χ0v) is 14.4. The molecule has 2 rings (SSSR count). The number of halogens is 2. The van der Waals surface area contributed by atoms with Crippen LogP contribution in [0.3, 0.4) is 0 Å². The van der Waals surface area contributed by atoms with Gasteiger partial charge in [0.1, 0.15) is 4.90 Å². The molecular weight excluding hydrogens is 347 g/mol. The normalized spacial score (nSPS) is 17.4. The van der Waals surface area contributed by atoms with E-state index in [0.717, 1.165) is 25.7 Å². The molecule has 2 N–H and O–H groups in total. The fourth-order valence-electron chi connectivity index (χ4n) is 2.43. The summed E-state index contributed by atoms with van der Waals surface area (Å²) in [6.45, 7) is 1.50. The van der Waals surface area contributed by atoms with Gasteiger partial charge in [-0.3, -0.25) is 4.79 Å². The molecule has 0 aliphatic heterocycles. The van der Waals surface area contributed by atoms with Crippen LogP contribution in [0.15, 0.2) is 23.1 Å². The summed E-state index contributed by atoms with van der Waals surface area (Å²) < 4.78 is 27.0. The van der Waals surface area contributed by atoms with E-state index in [1.807, 2.05) is 0 Å². The summed E-state index contributed by atoms with van der Waals surface area (Å²) in [6, 6.07) is 3.41. The standard InChI is InChI=1S/C14H18Cl2N2O3S/c1-9(14(19)17-11-4-2-3-5-11)18-22(20,21)13-8-10(15)6-7-12(13)16/h6-9,11,18H,2-5H2,1H3,(H,17,19)/t9-/m0/s1. The molecule has 0 radical (unpaired) electrons. The molecule has 0 unspecified atom stereocenters. The summed E-state index contributed by atoms with van der Waals surface area (Å²) in [6.07, 6.45) is 4.04. The Morgan fingerprint density at radius 3 is 2.55 bits per heavy atom. The molecule has 0 heterocycles. The highest BCUT2D eigenvalue weighted by atomic mass is 35.5. The molecule has 0 spiro atoms. The third-order valence-corrected chi connectivity index (χ3v) is 5.87. The minimum absolute atomic E-state index is 0.0558. The Kier molecular flexibility index (Phi) is 5.71. The smallest absolute Gasteiger partial charge is 0.242 e. The first-order valence-electron chi connectivity index (χ1n) is 7.07. The van der Waals surface area contributed by atoms with E-state index in [9.17, 15) is 13.2 Å². The van der Waals surface area contributed by atoms with E-state index in [-0.39, 0.29) is 26.9 Å². The first-order chi connectivity index (χ1) is 10.3. The van der Waals surface area contributed by atoms with Crippen molar-refractivity contribution in [1.29, 1.82) is 0 Å². The molecule has 0 saturated heterocycles. The molecule has 5 nitrogen and oxygen atoms in total. The maximum atomic E-state index is 12.3. The molecule has 122 valence electrons. The molecule has 1 aromatic rings. The Morgan fingerprint density at radius 1 is 1.27 bits per heavy atom. The van der Waals surface area contributed by atoms with Crippen LogP contribution in [0.5, 0.6) is 0 Å². The summed E-state index contributed by atoms with van der Waals surface area (Å²) in [4.78, 5) is 11.9. The average Bonchev–Trinajstić information content (AvgIpc) is 2.93. The SMILES string of the molecule is C[C@H](NS(=O)(=O)c1cc(Cl)ccc1Cl)C(=O)NC1CCCC1. The van der Waals surface area contributed by atoms with Crippen LogP contribution in [0.25, 0.3) is 0 Å². The van der Waals surface area contributed by atoms with Crippen LogP contribution in [-0.4, -0.2) is 26.4 Å². The summed E-state index contributed by atoms with van der Waals surface area (Å²) in [5, 5.41) is 3.17. The number of hydrogen-bond acceptors (Lipinski definition) is 3. The third kappa shape index (κ3) is 4.35. The van der Waals surface area contributed by atoms with Gasteiger partial charge >= 0.3 is 0 Å². The van der Waals surface area contributed by atoms with Crippen molar-refractivity contribution in [2.24, 2.45) is 0 Å². The van der Waals surface area contributed by atoms with Gasteiger partial charge < -0.3 is 5.32 Å². The van der Waals surface area contributed by atoms with E-state index in [2.05, 4.69) is 10.0 Å². The maximum absolute atomic E-state index is 12.3. The molecule has 0 bridgehead atoms. The first kappa shape index (κ1) is 17.5. The van der Waals surface area contributed by atoms with Crippen LogP contribution in [0.4, 0.5) is 0 Å². The number of carbonyl (C=O) groups is 1. The predicted octanol–water partition coefficient (Wildman–Crippen LogP) is 2.72. The lowest BCUT2D eigenvalue weighted by atomic mass is 10.2. The van der Waals surface area contributed by atoms with Crippen molar-refractivity contribution in [1.82, 2.24) is 10.0 Å². The summed E-state index contributed by atoms with van der Waals surface area (Å²) in [5.41, 5.74) is 0. The number of carbonyl (C=O) groups excluding carboxylic acids is 1. The van der Waals surface area contributed by atoms with Gasteiger partial charge in [0.2, 0.25) is 15.9 Å². The maximum Gasteiger partial charge on any atom is 0.242 e. The lowest BCUT2D eigenvalue weighted by Crippen LogP contribution is -2.47. The average molecular weight is 365 g/mol. The van der Waals surface area contributed by atoms with Crippen molar-refractivity contribution in [3.8, 4) is 0 Å². The van der Waals surface area contributed by atoms with Gasteiger partial charge in [0.25, 0.3) is 0 Å². The third-order valence-electron chi connectivity index (χ3n) is 3.61. The van der Waals surface area contributed by atoms with Gasteiger partial charge in [-0.05, 0) is 38.0 Å². The van der Waals surface area contributed by atoms with Crippen LogP contribution >= 0.6 is 23.2 Å². The zero-order valence-electron chi connectivity index (χ0n) is 12.1. The van der Waals surface area contributed by atoms with Crippen molar-refractivity contribution in [3.63, 3.8) is 0 Å². The lowest BCUT2D eigenvalue weighted by Gasteiger charge is -2.18. The number of sulfonamides is 1. The van der Waals surface area contributed by atoms with Crippen molar-refractivity contribution < 1.29 is 13.2 Å². The Balaban J connectivity index is 2.07. The van der Waals surface area contributed by atoms with Gasteiger partial charge in [0.15, 0.2) is 0 Å². The van der Waals surface area contributed by atoms with Crippen molar-refractivity contribution >= 4 is 39.1 Å². The zero-order chi connectivity index (χ0) is 16.3. The van der Waals surface area contributed by atoms with Crippen LogP contribution < -0.4 is 10.0 Å². The summed E-state index contributed by atoms with van der Waals surface area (Å²) in [7, 11) is -3.92. The summed E-state index contributed by atoms with van der Waals surface area (Å²) in [5.74, 6) is -0.339. The molecule has 8 heteroatoms. The highest BCUT2D eigenvalue weighted by Crippen LogP contribution is 2.25. The Morgan fingerprint density at radius 2 is 1.91 bits per heavy atom. The number of nitrogens with one attached hydrogen (secondary N) is 2. The minimum atomic E-state index is -3.92. The molecule has 1 aliphatic rings. The Bertz CT molecular complexity index is 658. The van der Waals surface area contributed by atoms with Crippen molar-refractivity contribution in [3.05, 3.63) is 28.2 Å². The van der Waals surface area contributed by atoms with Crippen LogP contribution in [0, 0.1) is 0 Å². The molecule has 1 fully saturated rings. The first-order valence-corrected chi connectivity index (χ1v) is 9.31. The molecular formula is C14H18Cl2N2O3S. The second kappa shape index (κ2) is 7.17. The van der Waals surface area contributed by atoms with E-state index in [4.69, 9.17) is 23.2 Å². The topological polar surface area (TPSA) is 75.3 Å². The summed E-state index contributed by atoms with van der Waals surface area (Å²) >= 11 is 11.7. The molecule has 1 saturated carbocycles. The van der Waals surface area contributed by atoms with Gasteiger partial charge in [-0.2, -0.15) is 4.72 Å². The molecule has 1 atom stereocenters. The highest BCUT2D eigenvalue weighted by molar-refractivity contribution is 7.89. The van der Waals surface area contributed by atoms with Crippen molar-refractivity contribution in [2.45, 2.75) is 49.6 Å². The number of hydrogen-bond donors (Lipinski definition) is 2. The Labute approximate surface area is 140 Å². The second-order valence-electron chi connectivity index (χ2n) is 5.41. The van der Waals surface area contributed by atoms with Crippen LogP contribution in [0.2, 0.25) is 10.0 Å².